The first-order valence-electron chi connectivity index (χ1n) is 4.30. The molecule has 0 saturated carbocycles. The van der Waals surface area contributed by atoms with Gasteiger partial charge in [-0.05, 0) is 0 Å². The number of ether oxygens (including phenoxy) is 1. The summed E-state index contributed by atoms with van der Waals surface area (Å²) in [6.07, 6.45) is -8.11. The van der Waals surface area contributed by atoms with Crippen LogP contribution in [0.3, 0.4) is 0 Å². The van der Waals surface area contributed by atoms with Crippen LogP contribution in [0.1, 0.15) is 0 Å². The van der Waals surface area contributed by atoms with Crippen LogP contribution in [0.5, 0.6) is 0 Å². The van der Waals surface area contributed by atoms with E-state index in [-0.39, 0.29) is 0 Å². The van der Waals surface area contributed by atoms with Crippen LogP contribution in [0.4, 0.5) is 0 Å². The Labute approximate surface area is 90.1 Å². The normalized spacial score (nSPS) is 41.0. The van der Waals surface area contributed by atoms with Crippen molar-refractivity contribution in [2.75, 3.05) is 6.61 Å². The third-order valence-electron chi connectivity index (χ3n) is 2.09. The molecule has 9 nitrogen and oxygen atoms in total. The fourth-order valence-corrected chi connectivity index (χ4v) is 1.58. The third kappa shape index (κ3) is 3.45. The van der Waals surface area contributed by atoms with Crippen molar-refractivity contribution in [2.45, 2.75) is 30.7 Å². The molecule has 0 unspecified atom stereocenters. The van der Waals surface area contributed by atoms with E-state index in [4.69, 9.17) is 20.0 Å². The molecule has 0 aliphatic carbocycles. The fraction of sp³-hybridized carbons (Fsp3) is 1.00. The highest BCUT2D eigenvalue weighted by Crippen LogP contribution is 2.36. The first kappa shape index (κ1) is 14.0. The Morgan fingerprint density at radius 1 is 1.06 bits per heavy atom. The molecule has 1 rings (SSSR count). The lowest BCUT2D eigenvalue weighted by molar-refractivity contribution is -0.285. The van der Waals surface area contributed by atoms with Gasteiger partial charge in [0.25, 0.3) is 0 Å². The Kier molecular flexibility index (Phi) is 4.41. The number of rotatable bonds is 3. The minimum absolute atomic E-state index is 0.730. The first-order chi connectivity index (χ1) is 7.22. The molecule has 0 amide bonds. The van der Waals surface area contributed by atoms with Gasteiger partial charge < -0.3 is 34.9 Å². The van der Waals surface area contributed by atoms with E-state index in [0.717, 1.165) is 0 Å². The number of aliphatic hydroxyl groups excluding tert-OH is 4. The third-order valence-corrected chi connectivity index (χ3v) is 2.58. The van der Waals surface area contributed by atoms with Crippen LogP contribution in [0, 0.1) is 0 Å². The van der Waals surface area contributed by atoms with Crippen molar-refractivity contribution < 1.29 is 44.0 Å². The quantitative estimate of drug-likeness (QED) is 0.289. The van der Waals surface area contributed by atoms with E-state index >= 15 is 0 Å². The van der Waals surface area contributed by atoms with Crippen LogP contribution >= 0.6 is 7.82 Å². The van der Waals surface area contributed by atoms with E-state index in [1.807, 2.05) is 0 Å². The standard InChI is InChI=1S/C6H13O9P/c7-3-2(1-14-16(11,12)13)15-6(10)5(9)4(3)8/h2-10H,1H2,(H2,11,12,13)/t2-,3+,4-,5+,6+/m1/s1. The van der Waals surface area contributed by atoms with Gasteiger partial charge in [0.05, 0.1) is 6.61 Å². The maximum Gasteiger partial charge on any atom is 0.469 e. The maximum absolute atomic E-state index is 10.4. The summed E-state index contributed by atoms with van der Waals surface area (Å²) in [6.45, 7) is -0.730. The summed E-state index contributed by atoms with van der Waals surface area (Å²) >= 11 is 0. The minimum atomic E-state index is -4.73. The van der Waals surface area contributed by atoms with Crippen molar-refractivity contribution in [3.05, 3.63) is 0 Å². The molecule has 1 aliphatic rings. The largest absolute Gasteiger partial charge is 0.469 e. The molecular weight excluding hydrogens is 247 g/mol. The van der Waals surface area contributed by atoms with Gasteiger partial charge in [0.1, 0.15) is 24.4 Å². The molecule has 1 heterocycles. The van der Waals surface area contributed by atoms with Crippen molar-refractivity contribution in [1.29, 1.82) is 0 Å². The molecule has 1 saturated heterocycles. The van der Waals surface area contributed by atoms with Crippen LogP contribution in [-0.4, -0.2) is 67.5 Å². The highest BCUT2D eigenvalue weighted by molar-refractivity contribution is 7.46. The predicted octanol–water partition coefficient (Wildman–Crippen LogP) is -3.10. The van der Waals surface area contributed by atoms with Crippen LogP contribution in [0.2, 0.25) is 0 Å². The molecule has 1 fully saturated rings. The van der Waals surface area contributed by atoms with Gasteiger partial charge in [0.15, 0.2) is 6.29 Å². The zero-order valence-corrected chi connectivity index (χ0v) is 8.84. The molecular formula is C6H13O9P. The molecule has 6 N–H and O–H groups in total. The first-order valence-corrected chi connectivity index (χ1v) is 5.83. The van der Waals surface area contributed by atoms with E-state index in [0.29, 0.717) is 0 Å². The average molecular weight is 260 g/mol. The van der Waals surface area contributed by atoms with Gasteiger partial charge >= 0.3 is 7.82 Å². The van der Waals surface area contributed by atoms with Crippen molar-refractivity contribution >= 4 is 7.82 Å². The molecule has 0 bridgehead atoms. The Bertz CT molecular complexity index is 277. The molecule has 10 heteroatoms. The van der Waals surface area contributed by atoms with E-state index in [9.17, 15) is 14.8 Å². The number of aliphatic hydroxyl groups is 4. The van der Waals surface area contributed by atoms with Gasteiger partial charge in [-0.2, -0.15) is 0 Å². The topological polar surface area (TPSA) is 157 Å². The van der Waals surface area contributed by atoms with E-state index in [1.165, 1.54) is 0 Å². The molecule has 16 heavy (non-hydrogen) atoms. The maximum atomic E-state index is 10.4. The Morgan fingerprint density at radius 2 is 1.62 bits per heavy atom. The van der Waals surface area contributed by atoms with Crippen LogP contribution in [-0.2, 0) is 13.8 Å². The zero-order chi connectivity index (χ0) is 12.5. The van der Waals surface area contributed by atoms with E-state index < -0.39 is 45.1 Å². The molecule has 0 radical (unpaired) electrons. The minimum Gasteiger partial charge on any atom is -0.387 e. The average Bonchev–Trinajstić information content (AvgIpc) is 2.17. The monoisotopic (exact) mass is 260 g/mol. The number of phosphoric acid groups is 1. The van der Waals surface area contributed by atoms with Crippen LogP contribution < -0.4 is 0 Å². The predicted molar refractivity (Wildman–Crippen MR) is 46.9 cm³/mol. The lowest BCUT2D eigenvalue weighted by Gasteiger charge is -2.38. The Morgan fingerprint density at radius 3 is 2.12 bits per heavy atom. The summed E-state index contributed by atoms with van der Waals surface area (Å²) < 4.78 is 19.0. The molecule has 0 aromatic carbocycles. The second kappa shape index (κ2) is 5.05. The SMILES string of the molecule is O=P(O)(O)OC[C@H]1O[C@H](O)[C@@H](O)[C@H](O)[C@H]1O. The van der Waals surface area contributed by atoms with Crippen LogP contribution in [0.15, 0.2) is 0 Å². The van der Waals surface area contributed by atoms with Crippen molar-refractivity contribution in [1.82, 2.24) is 0 Å². The second-order valence-corrected chi connectivity index (χ2v) is 4.56. The molecule has 0 aromatic heterocycles. The number of hydrogen-bond acceptors (Lipinski definition) is 7. The summed E-state index contributed by atoms with van der Waals surface area (Å²) in [6, 6.07) is 0. The summed E-state index contributed by atoms with van der Waals surface area (Å²) in [7, 11) is -4.73. The molecule has 5 atom stereocenters. The van der Waals surface area contributed by atoms with Gasteiger partial charge in [0, 0.05) is 0 Å². The van der Waals surface area contributed by atoms with Gasteiger partial charge in [-0.1, -0.05) is 0 Å². The summed E-state index contributed by atoms with van der Waals surface area (Å²) in [5, 5.41) is 36.7. The van der Waals surface area contributed by atoms with Gasteiger partial charge in [-0.25, -0.2) is 4.57 Å². The fourth-order valence-electron chi connectivity index (χ4n) is 1.24. The molecule has 0 aromatic rings. The van der Waals surface area contributed by atoms with E-state index in [1.54, 1.807) is 0 Å². The molecule has 0 spiro atoms. The highest BCUT2D eigenvalue weighted by atomic mass is 31.2. The summed E-state index contributed by atoms with van der Waals surface area (Å²) in [5.74, 6) is 0. The lowest BCUT2D eigenvalue weighted by atomic mass is 10.00. The van der Waals surface area contributed by atoms with Gasteiger partial charge in [0.2, 0.25) is 0 Å². The number of phosphoric ester groups is 1. The highest BCUT2D eigenvalue weighted by Gasteiger charge is 2.43. The second-order valence-electron chi connectivity index (χ2n) is 3.32. The van der Waals surface area contributed by atoms with Crippen LogP contribution in [0.25, 0.3) is 0 Å². The van der Waals surface area contributed by atoms with Gasteiger partial charge in [-0.15, -0.1) is 0 Å². The van der Waals surface area contributed by atoms with E-state index in [2.05, 4.69) is 9.26 Å². The Balaban J connectivity index is 2.57. The summed E-state index contributed by atoms with van der Waals surface area (Å²) in [4.78, 5) is 16.8. The lowest BCUT2D eigenvalue weighted by Crippen LogP contribution is -2.58. The summed E-state index contributed by atoms with van der Waals surface area (Å²) in [5.41, 5.74) is 0. The Hall–Kier alpha value is -0.0900. The zero-order valence-electron chi connectivity index (χ0n) is 7.95. The smallest absolute Gasteiger partial charge is 0.387 e. The molecule has 1 aliphatic heterocycles. The number of hydrogen-bond donors (Lipinski definition) is 6. The van der Waals surface area contributed by atoms with Crippen molar-refractivity contribution in [2.24, 2.45) is 0 Å². The molecule has 96 valence electrons. The van der Waals surface area contributed by atoms with Crippen molar-refractivity contribution in [3.63, 3.8) is 0 Å². The van der Waals surface area contributed by atoms with Gasteiger partial charge in [-0.3, -0.25) is 4.52 Å². The van der Waals surface area contributed by atoms with Crippen molar-refractivity contribution in [3.8, 4) is 0 Å².